The zero-order chi connectivity index (χ0) is 17.5. The maximum Gasteiger partial charge on any atom is 0.277 e. The molecule has 3 aromatic heterocycles. The molecule has 0 saturated carbocycles. The van der Waals surface area contributed by atoms with Crippen molar-refractivity contribution in [3.63, 3.8) is 0 Å². The van der Waals surface area contributed by atoms with Crippen molar-refractivity contribution >= 4 is 21.4 Å². The second-order valence-corrected chi connectivity index (χ2v) is 7.84. The molecule has 1 aliphatic heterocycles. The second-order valence-electron chi connectivity index (χ2n) is 6.90. The Morgan fingerprint density at radius 1 is 1.27 bits per heavy atom. The first-order valence-electron chi connectivity index (χ1n) is 9.03. The number of nitrogens with zero attached hydrogens (tertiary/aromatic N) is 3. The highest BCUT2D eigenvalue weighted by atomic mass is 32.1. The highest BCUT2D eigenvalue weighted by Gasteiger charge is 2.24. The zero-order valence-electron chi connectivity index (χ0n) is 14.4. The van der Waals surface area contributed by atoms with Crippen molar-refractivity contribution in [2.45, 2.75) is 25.8 Å². The van der Waals surface area contributed by atoms with E-state index >= 15 is 0 Å². The number of allylic oxidation sites excluding steroid dienone is 2. The monoisotopic (exact) mass is 364 g/mol. The van der Waals surface area contributed by atoms with Crippen molar-refractivity contribution in [3.8, 4) is 5.82 Å². The Morgan fingerprint density at radius 3 is 3.12 bits per heavy atom. The van der Waals surface area contributed by atoms with Crippen LogP contribution in [0.3, 0.4) is 0 Å². The molecule has 5 nitrogen and oxygen atoms in total. The van der Waals surface area contributed by atoms with E-state index in [2.05, 4.69) is 33.2 Å². The largest absolute Gasteiger partial charge is 0.294 e. The van der Waals surface area contributed by atoms with Crippen LogP contribution >= 0.6 is 11.3 Å². The van der Waals surface area contributed by atoms with Crippen LogP contribution < -0.4 is 5.56 Å². The van der Waals surface area contributed by atoms with E-state index in [0.29, 0.717) is 12.4 Å². The molecule has 0 amide bonds. The van der Waals surface area contributed by atoms with Crippen molar-refractivity contribution < 1.29 is 0 Å². The fraction of sp³-hybridized carbons (Fsp3) is 0.300. The van der Waals surface area contributed by atoms with E-state index in [1.807, 2.05) is 17.5 Å². The van der Waals surface area contributed by atoms with Gasteiger partial charge in [-0.25, -0.2) is 9.67 Å². The van der Waals surface area contributed by atoms with Gasteiger partial charge in [-0.05, 0) is 35.9 Å². The Balaban J connectivity index is 1.48. The molecule has 0 fully saturated rings. The molecule has 0 atom stereocenters. The van der Waals surface area contributed by atoms with Gasteiger partial charge in [0.05, 0.1) is 5.56 Å². The van der Waals surface area contributed by atoms with Gasteiger partial charge in [0.2, 0.25) is 0 Å². The third-order valence-electron chi connectivity index (χ3n) is 5.18. The summed E-state index contributed by atoms with van der Waals surface area (Å²) in [7, 11) is 0. The van der Waals surface area contributed by atoms with Gasteiger partial charge in [-0.3, -0.25) is 14.8 Å². The topological polar surface area (TPSA) is 53.9 Å². The molecule has 1 aliphatic carbocycles. The number of thiophene rings is 1. The minimum Gasteiger partial charge on any atom is -0.294 e. The third kappa shape index (κ3) is 2.66. The van der Waals surface area contributed by atoms with E-state index < -0.39 is 0 Å². The number of aromatic amines is 1. The molecule has 6 heteroatoms. The van der Waals surface area contributed by atoms with Gasteiger partial charge >= 0.3 is 0 Å². The highest BCUT2D eigenvalue weighted by molar-refractivity contribution is 7.17. The van der Waals surface area contributed by atoms with E-state index in [1.165, 1.54) is 5.57 Å². The Labute approximate surface area is 155 Å². The molecular weight excluding hydrogens is 344 g/mol. The summed E-state index contributed by atoms with van der Waals surface area (Å²) >= 11 is 1.67. The Hall–Kier alpha value is -2.44. The molecular formula is C20H20N4OS. The predicted molar refractivity (Wildman–Crippen MR) is 105 cm³/mol. The maximum absolute atomic E-state index is 13.1. The summed E-state index contributed by atoms with van der Waals surface area (Å²) in [5, 5.41) is 6.37. The Morgan fingerprint density at radius 2 is 2.23 bits per heavy atom. The average molecular weight is 364 g/mol. The lowest BCUT2D eigenvalue weighted by atomic mass is 10.0. The standard InChI is InChI=1S/C20H20N4OS/c25-20-16-13-23(12-14-4-2-1-3-5-14)10-7-17(16)22-24(20)19-15-8-11-26-18(15)6-9-21-19/h2,4-6,8-9,11,22H,1,3,7,10,12-13H2. The first-order valence-corrected chi connectivity index (χ1v) is 9.91. The molecule has 0 radical (unpaired) electrons. The fourth-order valence-corrected chi connectivity index (χ4v) is 4.62. The summed E-state index contributed by atoms with van der Waals surface area (Å²) in [6.07, 6.45) is 11.7. The second kappa shape index (κ2) is 6.37. The fourth-order valence-electron chi connectivity index (χ4n) is 3.85. The summed E-state index contributed by atoms with van der Waals surface area (Å²) in [5.74, 6) is 0.702. The van der Waals surface area contributed by atoms with Gasteiger partial charge in [-0.1, -0.05) is 18.2 Å². The minimum atomic E-state index is 0.0315. The van der Waals surface area contributed by atoms with Crippen LogP contribution in [0.5, 0.6) is 0 Å². The zero-order valence-corrected chi connectivity index (χ0v) is 15.3. The lowest BCUT2D eigenvalue weighted by Gasteiger charge is -2.26. The molecule has 132 valence electrons. The van der Waals surface area contributed by atoms with Crippen LogP contribution in [0.4, 0.5) is 0 Å². The molecule has 1 N–H and O–H groups in total. The molecule has 0 saturated heterocycles. The number of rotatable bonds is 3. The van der Waals surface area contributed by atoms with Crippen LogP contribution in [-0.2, 0) is 13.0 Å². The molecule has 0 aromatic carbocycles. The Kier molecular flexibility index (Phi) is 3.87. The van der Waals surface area contributed by atoms with Gasteiger partial charge in [-0.15, -0.1) is 11.3 Å². The summed E-state index contributed by atoms with van der Waals surface area (Å²) < 4.78 is 2.77. The molecule has 26 heavy (non-hydrogen) atoms. The van der Waals surface area contributed by atoms with Gasteiger partial charge < -0.3 is 0 Å². The highest BCUT2D eigenvalue weighted by Crippen LogP contribution is 2.25. The minimum absolute atomic E-state index is 0.0315. The van der Waals surface area contributed by atoms with Crippen LogP contribution in [0.2, 0.25) is 0 Å². The van der Waals surface area contributed by atoms with Crippen LogP contribution in [0, 0.1) is 0 Å². The molecule has 4 heterocycles. The van der Waals surface area contributed by atoms with Gasteiger partial charge in [0, 0.05) is 48.0 Å². The summed E-state index contributed by atoms with van der Waals surface area (Å²) in [4.78, 5) is 19.9. The summed E-state index contributed by atoms with van der Waals surface area (Å²) in [5.41, 5.74) is 3.32. The molecule has 5 rings (SSSR count). The number of pyridine rings is 1. The van der Waals surface area contributed by atoms with Crippen LogP contribution in [0.15, 0.2) is 52.3 Å². The lowest BCUT2D eigenvalue weighted by Crippen LogP contribution is -2.34. The number of hydrogen-bond donors (Lipinski definition) is 1. The van der Waals surface area contributed by atoms with Gasteiger partial charge in [0.1, 0.15) is 0 Å². The SMILES string of the molecule is O=c1c2c([nH]n1-c1nccc3sccc13)CCN(CC1=CCCC=C1)C2. The van der Waals surface area contributed by atoms with E-state index in [-0.39, 0.29) is 5.56 Å². The summed E-state index contributed by atoms with van der Waals surface area (Å²) in [6, 6.07) is 4.02. The van der Waals surface area contributed by atoms with E-state index in [4.69, 9.17) is 0 Å². The van der Waals surface area contributed by atoms with E-state index in [9.17, 15) is 4.79 Å². The van der Waals surface area contributed by atoms with Crippen LogP contribution in [0.25, 0.3) is 15.9 Å². The Bertz CT molecular complexity index is 1080. The normalized spacial score (nSPS) is 17.5. The van der Waals surface area contributed by atoms with Crippen LogP contribution in [-0.4, -0.2) is 32.8 Å². The predicted octanol–water partition coefficient (Wildman–Crippen LogP) is 3.41. The first-order chi connectivity index (χ1) is 12.8. The van der Waals surface area contributed by atoms with Crippen molar-refractivity contribution in [1.29, 1.82) is 0 Å². The smallest absolute Gasteiger partial charge is 0.277 e. The van der Waals surface area contributed by atoms with Crippen molar-refractivity contribution in [1.82, 2.24) is 19.7 Å². The van der Waals surface area contributed by atoms with Gasteiger partial charge in [0.15, 0.2) is 5.82 Å². The van der Waals surface area contributed by atoms with Crippen molar-refractivity contribution in [2.24, 2.45) is 0 Å². The molecule has 3 aromatic rings. The van der Waals surface area contributed by atoms with Crippen molar-refractivity contribution in [2.75, 3.05) is 13.1 Å². The van der Waals surface area contributed by atoms with Crippen molar-refractivity contribution in [3.05, 3.63) is 69.1 Å². The molecule has 0 unspecified atom stereocenters. The molecule has 0 spiro atoms. The first kappa shape index (κ1) is 15.8. The van der Waals surface area contributed by atoms with Gasteiger partial charge in [0.25, 0.3) is 5.56 Å². The van der Waals surface area contributed by atoms with Gasteiger partial charge in [-0.2, -0.15) is 0 Å². The number of hydrogen-bond acceptors (Lipinski definition) is 4. The average Bonchev–Trinajstić information content (AvgIpc) is 3.27. The van der Waals surface area contributed by atoms with E-state index in [1.54, 1.807) is 22.2 Å². The summed E-state index contributed by atoms with van der Waals surface area (Å²) in [6.45, 7) is 2.58. The number of nitrogens with one attached hydrogen (secondary N) is 1. The maximum atomic E-state index is 13.1. The molecule has 0 bridgehead atoms. The third-order valence-corrected chi connectivity index (χ3v) is 6.06. The molecule has 2 aliphatic rings. The number of fused-ring (bicyclic) bond motifs is 2. The van der Waals surface area contributed by atoms with Crippen LogP contribution in [0.1, 0.15) is 24.1 Å². The quantitative estimate of drug-likeness (QED) is 0.775. The van der Waals surface area contributed by atoms with E-state index in [0.717, 1.165) is 53.7 Å². The number of aromatic nitrogens is 3. The lowest BCUT2D eigenvalue weighted by molar-refractivity contribution is 0.275. The number of H-pyrrole nitrogens is 1.